The fourth-order valence-corrected chi connectivity index (χ4v) is 3.18. The van der Waals surface area contributed by atoms with E-state index in [1.165, 1.54) is 12.5 Å². The number of imidazole rings is 1. The normalized spacial score (nSPS) is 20.5. The average molecular weight is 279 g/mol. The maximum Gasteiger partial charge on any atom is 0.178 e. The molecule has 2 aromatic rings. The number of benzene rings is 1. The number of rotatable bonds is 2. The molecule has 1 atom stereocenters. The van der Waals surface area contributed by atoms with Crippen LogP contribution < -0.4 is 0 Å². The Hall–Kier alpha value is -1.20. The van der Waals surface area contributed by atoms with Gasteiger partial charge in [-0.25, -0.2) is 4.39 Å². The van der Waals surface area contributed by atoms with Crippen molar-refractivity contribution in [2.75, 3.05) is 20.1 Å². The SMILES string of the molecule is Cc1cc2c(cc1F)[nH]c(=S)n2CC1CCN(C)C1. The molecule has 1 fully saturated rings. The second-order valence-corrected chi connectivity index (χ2v) is 5.96. The van der Waals surface area contributed by atoms with Crippen LogP contribution >= 0.6 is 12.2 Å². The molecule has 0 radical (unpaired) electrons. The fraction of sp³-hybridized carbons (Fsp3) is 0.500. The predicted octanol–water partition coefficient (Wildman–Crippen LogP) is 3.10. The smallest absolute Gasteiger partial charge is 0.178 e. The minimum Gasteiger partial charge on any atom is -0.330 e. The molecule has 1 unspecified atom stereocenters. The lowest BCUT2D eigenvalue weighted by molar-refractivity contribution is 0.379. The summed E-state index contributed by atoms with van der Waals surface area (Å²) >= 11 is 5.37. The Balaban J connectivity index is 2.01. The lowest BCUT2D eigenvalue weighted by Crippen LogP contribution is -2.17. The van der Waals surface area contributed by atoms with Crippen molar-refractivity contribution in [3.63, 3.8) is 0 Å². The highest BCUT2D eigenvalue weighted by atomic mass is 32.1. The first-order chi connectivity index (χ1) is 9.04. The van der Waals surface area contributed by atoms with Gasteiger partial charge in [0.2, 0.25) is 0 Å². The summed E-state index contributed by atoms with van der Waals surface area (Å²) in [4.78, 5) is 5.45. The lowest BCUT2D eigenvalue weighted by Gasteiger charge is -2.12. The number of fused-ring (bicyclic) bond motifs is 1. The zero-order valence-corrected chi connectivity index (χ0v) is 12.1. The topological polar surface area (TPSA) is 24.0 Å². The number of likely N-dealkylation sites (tertiary alicyclic amines) is 1. The van der Waals surface area contributed by atoms with Gasteiger partial charge in [0.25, 0.3) is 0 Å². The number of aromatic amines is 1. The second kappa shape index (κ2) is 4.72. The Morgan fingerprint density at radius 3 is 2.95 bits per heavy atom. The van der Waals surface area contributed by atoms with Gasteiger partial charge in [0.05, 0.1) is 11.0 Å². The molecule has 1 N–H and O–H groups in total. The van der Waals surface area contributed by atoms with Crippen molar-refractivity contribution in [3.8, 4) is 0 Å². The van der Waals surface area contributed by atoms with Crippen LogP contribution in [-0.2, 0) is 6.54 Å². The van der Waals surface area contributed by atoms with E-state index in [0.717, 1.165) is 30.7 Å². The summed E-state index contributed by atoms with van der Waals surface area (Å²) in [7, 11) is 2.15. The third-order valence-corrected chi connectivity index (χ3v) is 4.31. The highest BCUT2D eigenvalue weighted by Crippen LogP contribution is 2.23. The molecule has 1 aromatic carbocycles. The Kier molecular flexibility index (Phi) is 3.19. The summed E-state index contributed by atoms with van der Waals surface area (Å²) in [6, 6.07) is 3.42. The van der Waals surface area contributed by atoms with E-state index in [2.05, 4.69) is 21.5 Å². The van der Waals surface area contributed by atoms with Gasteiger partial charge in [-0.1, -0.05) is 0 Å². The van der Waals surface area contributed by atoms with E-state index < -0.39 is 0 Å². The summed E-state index contributed by atoms with van der Waals surface area (Å²) in [6.07, 6.45) is 1.20. The largest absolute Gasteiger partial charge is 0.330 e. The third-order valence-electron chi connectivity index (χ3n) is 3.98. The van der Waals surface area contributed by atoms with Gasteiger partial charge < -0.3 is 14.5 Å². The third kappa shape index (κ3) is 2.32. The standard InChI is InChI=1S/C14H18FN3S/c1-9-5-13-12(6-11(9)15)16-14(19)18(13)8-10-3-4-17(2)7-10/h5-6,10H,3-4,7-8H2,1-2H3,(H,16,19). The van der Waals surface area contributed by atoms with Crippen LogP contribution in [0.25, 0.3) is 11.0 Å². The highest BCUT2D eigenvalue weighted by molar-refractivity contribution is 7.71. The molecule has 19 heavy (non-hydrogen) atoms. The molecule has 3 rings (SSSR count). The lowest BCUT2D eigenvalue weighted by atomic mass is 10.1. The first kappa shape index (κ1) is 12.8. The summed E-state index contributed by atoms with van der Waals surface area (Å²) in [6.45, 7) is 4.95. The number of halogens is 1. The molecular weight excluding hydrogens is 261 g/mol. The average Bonchev–Trinajstić information content (AvgIpc) is 2.87. The van der Waals surface area contributed by atoms with Crippen molar-refractivity contribution in [2.24, 2.45) is 5.92 Å². The summed E-state index contributed by atoms with van der Waals surface area (Å²) < 4.78 is 16.4. The van der Waals surface area contributed by atoms with Gasteiger partial charge >= 0.3 is 0 Å². The number of hydrogen-bond donors (Lipinski definition) is 1. The van der Waals surface area contributed by atoms with Crippen LogP contribution in [0.15, 0.2) is 12.1 Å². The molecule has 102 valence electrons. The van der Waals surface area contributed by atoms with Crippen LogP contribution in [0.2, 0.25) is 0 Å². The van der Waals surface area contributed by atoms with E-state index in [9.17, 15) is 4.39 Å². The van der Waals surface area contributed by atoms with E-state index in [1.807, 2.05) is 6.07 Å². The minimum atomic E-state index is -0.184. The summed E-state index contributed by atoms with van der Waals surface area (Å²) in [5.41, 5.74) is 2.47. The van der Waals surface area contributed by atoms with Crippen LogP contribution in [0, 0.1) is 23.4 Å². The van der Waals surface area contributed by atoms with Gasteiger partial charge in [0.1, 0.15) is 5.82 Å². The number of hydrogen-bond acceptors (Lipinski definition) is 2. The zero-order valence-electron chi connectivity index (χ0n) is 11.2. The zero-order chi connectivity index (χ0) is 13.6. The van der Waals surface area contributed by atoms with Crippen molar-refractivity contribution in [2.45, 2.75) is 19.9 Å². The molecule has 5 heteroatoms. The molecule has 0 bridgehead atoms. The molecule has 2 heterocycles. The molecule has 1 aromatic heterocycles. The van der Waals surface area contributed by atoms with E-state index in [0.29, 0.717) is 16.3 Å². The molecule has 3 nitrogen and oxygen atoms in total. The number of nitrogens with one attached hydrogen (secondary N) is 1. The molecule has 0 aliphatic carbocycles. The Morgan fingerprint density at radius 1 is 1.47 bits per heavy atom. The van der Waals surface area contributed by atoms with Crippen LogP contribution in [0.5, 0.6) is 0 Å². The van der Waals surface area contributed by atoms with Crippen molar-refractivity contribution >= 4 is 23.3 Å². The van der Waals surface area contributed by atoms with Gasteiger partial charge in [0, 0.05) is 13.1 Å². The number of aryl methyl sites for hydroxylation is 1. The first-order valence-electron chi connectivity index (χ1n) is 6.62. The maximum atomic E-state index is 13.6. The van der Waals surface area contributed by atoms with E-state index in [-0.39, 0.29) is 5.82 Å². The van der Waals surface area contributed by atoms with Crippen LogP contribution in [0.3, 0.4) is 0 Å². The number of aromatic nitrogens is 2. The Bertz CT molecular complexity index is 673. The quantitative estimate of drug-likeness (QED) is 0.854. The molecule has 0 saturated carbocycles. The summed E-state index contributed by atoms with van der Waals surface area (Å²) in [5.74, 6) is 0.442. The maximum absolute atomic E-state index is 13.6. The van der Waals surface area contributed by atoms with Crippen LogP contribution in [0.1, 0.15) is 12.0 Å². The molecule has 1 aliphatic heterocycles. The van der Waals surface area contributed by atoms with Crippen LogP contribution in [0.4, 0.5) is 4.39 Å². The van der Waals surface area contributed by atoms with Crippen molar-refractivity contribution in [1.29, 1.82) is 0 Å². The van der Waals surface area contributed by atoms with E-state index in [4.69, 9.17) is 12.2 Å². The minimum absolute atomic E-state index is 0.184. The van der Waals surface area contributed by atoms with Crippen molar-refractivity contribution < 1.29 is 4.39 Å². The Labute approximate surface area is 117 Å². The fourth-order valence-electron chi connectivity index (χ4n) is 2.90. The molecule has 1 saturated heterocycles. The van der Waals surface area contributed by atoms with Gasteiger partial charge in [-0.3, -0.25) is 0 Å². The summed E-state index contributed by atoms with van der Waals surface area (Å²) in [5, 5.41) is 0. The number of H-pyrrole nitrogens is 1. The molecule has 0 amide bonds. The van der Waals surface area contributed by atoms with Crippen molar-refractivity contribution in [3.05, 3.63) is 28.3 Å². The van der Waals surface area contributed by atoms with E-state index >= 15 is 0 Å². The first-order valence-corrected chi connectivity index (χ1v) is 7.02. The van der Waals surface area contributed by atoms with Gasteiger partial charge in [-0.15, -0.1) is 0 Å². The monoisotopic (exact) mass is 279 g/mol. The number of nitrogens with zero attached hydrogens (tertiary/aromatic N) is 2. The van der Waals surface area contributed by atoms with Crippen molar-refractivity contribution in [1.82, 2.24) is 14.5 Å². The predicted molar refractivity (Wildman–Crippen MR) is 77.4 cm³/mol. The Morgan fingerprint density at radius 2 is 2.26 bits per heavy atom. The van der Waals surface area contributed by atoms with Gasteiger partial charge in [-0.2, -0.15) is 0 Å². The van der Waals surface area contributed by atoms with E-state index in [1.54, 1.807) is 6.92 Å². The second-order valence-electron chi connectivity index (χ2n) is 5.58. The van der Waals surface area contributed by atoms with Gasteiger partial charge in [-0.05, 0) is 62.8 Å². The van der Waals surface area contributed by atoms with Crippen LogP contribution in [-0.4, -0.2) is 34.6 Å². The van der Waals surface area contributed by atoms with Gasteiger partial charge in [0.15, 0.2) is 4.77 Å². The molecule has 0 spiro atoms. The molecule has 1 aliphatic rings. The molecular formula is C14H18FN3S. The highest BCUT2D eigenvalue weighted by Gasteiger charge is 2.21.